The van der Waals surface area contributed by atoms with E-state index in [2.05, 4.69) is 212 Å². The number of benzene rings is 9. The van der Waals surface area contributed by atoms with Crippen LogP contribution in [0.2, 0.25) is 0 Å². The molecule has 12 aromatic rings. The van der Waals surface area contributed by atoms with Gasteiger partial charge < -0.3 is 8.98 Å². The largest absolute Gasteiger partial charge is 0.456 e. The lowest BCUT2D eigenvalue weighted by Crippen LogP contribution is -2.01. The van der Waals surface area contributed by atoms with E-state index >= 15 is 0 Å². The van der Waals surface area contributed by atoms with Crippen LogP contribution in [0.25, 0.3) is 117 Å². The Morgan fingerprint density at radius 1 is 0.349 bits per heavy atom. The summed E-state index contributed by atoms with van der Waals surface area (Å²) < 4.78 is 8.97. The Morgan fingerprint density at radius 3 is 1.73 bits per heavy atom. The molecule has 0 saturated carbocycles. The van der Waals surface area contributed by atoms with Crippen molar-refractivity contribution < 1.29 is 4.42 Å². The van der Waals surface area contributed by atoms with Crippen LogP contribution in [0.5, 0.6) is 0 Å². The van der Waals surface area contributed by atoms with Crippen molar-refractivity contribution in [1.29, 1.82) is 0 Å². The molecule has 5 heteroatoms. The highest BCUT2D eigenvalue weighted by Gasteiger charge is 2.21. The average molecular weight is 807 g/mol. The summed E-state index contributed by atoms with van der Waals surface area (Å²) in [4.78, 5) is 15.9. The molecule has 0 N–H and O–H groups in total. The summed E-state index contributed by atoms with van der Waals surface area (Å²) in [6, 6.07) is 74.4. The summed E-state index contributed by atoms with van der Waals surface area (Å²) in [6.07, 6.45) is 0. The van der Waals surface area contributed by atoms with Crippen molar-refractivity contribution >= 4 is 43.7 Å². The van der Waals surface area contributed by atoms with Gasteiger partial charge in [-0.2, -0.15) is 0 Å². The Kier molecular flexibility index (Phi) is 8.64. The van der Waals surface area contributed by atoms with Crippen molar-refractivity contribution in [2.24, 2.45) is 0 Å². The molecule has 0 fully saturated rings. The quantitative estimate of drug-likeness (QED) is 0.161. The lowest BCUT2D eigenvalue weighted by Gasteiger charge is -2.11. The lowest BCUT2D eigenvalue weighted by molar-refractivity contribution is 0.669. The number of para-hydroxylation sites is 2. The molecule has 0 atom stereocenters. The minimum atomic E-state index is 0.568. The molecule has 0 aliphatic rings. The third-order valence-corrected chi connectivity index (χ3v) is 12.1. The van der Waals surface area contributed by atoms with E-state index in [1.54, 1.807) is 0 Å². The molecule has 0 amide bonds. The number of rotatable bonds is 7. The van der Waals surface area contributed by atoms with Crippen molar-refractivity contribution in [1.82, 2.24) is 19.5 Å². The van der Waals surface area contributed by atoms with Gasteiger partial charge in [-0.05, 0) is 88.8 Å². The predicted molar refractivity (Wildman–Crippen MR) is 259 cm³/mol. The molecule has 0 aliphatic carbocycles. The van der Waals surface area contributed by atoms with Gasteiger partial charge in [-0.25, -0.2) is 15.0 Å². The smallest absolute Gasteiger partial charge is 0.164 e. The zero-order chi connectivity index (χ0) is 41.9. The second-order valence-corrected chi connectivity index (χ2v) is 16.1. The normalized spacial score (nSPS) is 11.6. The van der Waals surface area contributed by atoms with Crippen LogP contribution in [-0.4, -0.2) is 19.5 Å². The standard InChI is InChI=1S/C58H38N4O/c1-37-14-10-17-41(34-37)42-18-11-19-43(35-42)56-59-57(61-58(60-56)49-24-12-26-51-54(49)47-22-8-9-25-50(47)62(51)45-20-6-3-7-21-45)44-32-33-48-53(36-44)63-52-27-13-23-46(55(48)52)40-30-28-39(29-31-40)38-15-4-2-5-16-38/h2-36H,1H3. The van der Waals surface area contributed by atoms with Crippen LogP contribution < -0.4 is 0 Å². The van der Waals surface area contributed by atoms with Gasteiger partial charge in [0.1, 0.15) is 11.2 Å². The van der Waals surface area contributed by atoms with Gasteiger partial charge >= 0.3 is 0 Å². The monoisotopic (exact) mass is 806 g/mol. The topological polar surface area (TPSA) is 56.7 Å². The van der Waals surface area contributed by atoms with Gasteiger partial charge in [0, 0.05) is 43.9 Å². The van der Waals surface area contributed by atoms with E-state index < -0.39 is 0 Å². The van der Waals surface area contributed by atoms with Gasteiger partial charge in [-0.15, -0.1) is 0 Å². The molecule has 0 bridgehead atoms. The molecule has 3 aromatic heterocycles. The van der Waals surface area contributed by atoms with Crippen LogP contribution >= 0.6 is 0 Å². The van der Waals surface area contributed by atoms with E-state index in [4.69, 9.17) is 19.4 Å². The van der Waals surface area contributed by atoms with E-state index in [0.717, 1.165) is 88.4 Å². The van der Waals surface area contributed by atoms with Gasteiger partial charge in [0.2, 0.25) is 0 Å². The Hall–Kier alpha value is -8.41. The summed E-state index contributed by atoms with van der Waals surface area (Å²) in [6.45, 7) is 2.12. The SMILES string of the molecule is Cc1cccc(-c2cccc(-c3nc(-c4ccc5c(c4)oc4cccc(-c6ccc(-c7ccccc7)cc6)c45)nc(-c4cccc5c4c4ccccc4n5-c4ccccc4)n3)c2)c1. The summed E-state index contributed by atoms with van der Waals surface area (Å²) in [5.41, 5.74) is 15.7. The molecule has 12 rings (SSSR count). The summed E-state index contributed by atoms with van der Waals surface area (Å²) in [7, 11) is 0. The number of fused-ring (bicyclic) bond motifs is 6. The number of hydrogen-bond acceptors (Lipinski definition) is 4. The zero-order valence-corrected chi connectivity index (χ0v) is 34.4. The number of hydrogen-bond donors (Lipinski definition) is 0. The van der Waals surface area contributed by atoms with Gasteiger partial charge in [0.25, 0.3) is 0 Å². The van der Waals surface area contributed by atoms with Crippen LogP contribution in [0.15, 0.2) is 217 Å². The summed E-state index contributed by atoms with van der Waals surface area (Å²) in [5, 5.41) is 4.34. The third-order valence-electron chi connectivity index (χ3n) is 12.1. The number of aryl methyl sites for hydroxylation is 1. The Morgan fingerprint density at radius 2 is 0.921 bits per heavy atom. The molecule has 0 radical (unpaired) electrons. The first-order valence-corrected chi connectivity index (χ1v) is 21.3. The van der Waals surface area contributed by atoms with Crippen LogP contribution in [0.4, 0.5) is 0 Å². The maximum absolute atomic E-state index is 6.65. The van der Waals surface area contributed by atoms with E-state index in [9.17, 15) is 0 Å². The first-order chi connectivity index (χ1) is 31.1. The molecule has 63 heavy (non-hydrogen) atoms. The summed E-state index contributed by atoms with van der Waals surface area (Å²) >= 11 is 0. The van der Waals surface area contributed by atoms with Crippen LogP contribution in [0.3, 0.4) is 0 Å². The maximum atomic E-state index is 6.65. The van der Waals surface area contributed by atoms with Gasteiger partial charge in [0.15, 0.2) is 17.5 Å². The molecule has 9 aromatic carbocycles. The van der Waals surface area contributed by atoms with Gasteiger partial charge in [0.05, 0.1) is 11.0 Å². The van der Waals surface area contributed by atoms with E-state index in [1.807, 2.05) is 12.1 Å². The first-order valence-electron chi connectivity index (χ1n) is 21.3. The van der Waals surface area contributed by atoms with Crippen molar-refractivity contribution in [2.45, 2.75) is 6.92 Å². The van der Waals surface area contributed by atoms with E-state index in [-0.39, 0.29) is 0 Å². The van der Waals surface area contributed by atoms with Gasteiger partial charge in [-0.1, -0.05) is 169 Å². The molecular formula is C58H38N4O. The lowest BCUT2D eigenvalue weighted by atomic mass is 9.96. The second kappa shape index (κ2) is 14.9. The minimum absolute atomic E-state index is 0.568. The van der Waals surface area contributed by atoms with Crippen LogP contribution in [0.1, 0.15) is 5.56 Å². The van der Waals surface area contributed by atoms with Crippen molar-refractivity contribution in [2.75, 3.05) is 0 Å². The fourth-order valence-corrected chi connectivity index (χ4v) is 9.16. The van der Waals surface area contributed by atoms with Crippen LogP contribution in [-0.2, 0) is 0 Å². The Balaban J connectivity index is 1.04. The highest BCUT2D eigenvalue weighted by molar-refractivity contribution is 6.16. The highest BCUT2D eigenvalue weighted by Crippen LogP contribution is 2.41. The fourth-order valence-electron chi connectivity index (χ4n) is 9.16. The Bertz CT molecular complexity index is 3680. The molecule has 0 aliphatic heterocycles. The van der Waals surface area contributed by atoms with E-state index in [0.29, 0.717) is 17.5 Å². The summed E-state index contributed by atoms with van der Waals surface area (Å²) in [5.74, 6) is 1.77. The minimum Gasteiger partial charge on any atom is -0.456 e. The molecular weight excluding hydrogens is 769 g/mol. The fraction of sp³-hybridized carbons (Fsp3) is 0.0172. The highest BCUT2D eigenvalue weighted by atomic mass is 16.3. The van der Waals surface area contributed by atoms with E-state index in [1.165, 1.54) is 16.7 Å². The number of furan rings is 1. The number of aromatic nitrogens is 4. The van der Waals surface area contributed by atoms with Gasteiger partial charge in [-0.3, -0.25) is 0 Å². The van der Waals surface area contributed by atoms with Crippen LogP contribution in [0, 0.1) is 6.92 Å². The van der Waals surface area contributed by atoms with Crippen molar-refractivity contribution in [3.63, 3.8) is 0 Å². The van der Waals surface area contributed by atoms with Crippen molar-refractivity contribution in [3.05, 3.63) is 218 Å². The molecule has 0 unspecified atom stereocenters. The molecule has 296 valence electrons. The zero-order valence-electron chi connectivity index (χ0n) is 34.4. The third kappa shape index (κ3) is 6.37. The second-order valence-electron chi connectivity index (χ2n) is 16.1. The van der Waals surface area contributed by atoms with Crippen molar-refractivity contribution in [3.8, 4) is 73.2 Å². The Labute approximate surface area is 364 Å². The average Bonchev–Trinajstić information content (AvgIpc) is 3.90. The predicted octanol–water partition coefficient (Wildman–Crippen LogP) is 15.2. The molecule has 3 heterocycles. The maximum Gasteiger partial charge on any atom is 0.164 e. The molecule has 5 nitrogen and oxygen atoms in total. The molecule has 0 saturated heterocycles. The first kappa shape index (κ1) is 36.4. The number of nitrogens with zero attached hydrogens (tertiary/aromatic N) is 4. The molecule has 0 spiro atoms.